The summed E-state index contributed by atoms with van der Waals surface area (Å²) in [5.41, 5.74) is 1.42. The maximum atomic E-state index is 12.4. The molecule has 2 aromatic carbocycles. The van der Waals surface area contributed by atoms with Crippen molar-refractivity contribution in [3.63, 3.8) is 0 Å². The first-order chi connectivity index (χ1) is 12.3. The molecular weight excluding hydrogens is 395 g/mol. The Morgan fingerprint density at radius 3 is 2.50 bits per heavy atom. The van der Waals surface area contributed by atoms with Gasteiger partial charge in [-0.25, -0.2) is 9.79 Å². The summed E-state index contributed by atoms with van der Waals surface area (Å²) in [6.07, 6.45) is 1.69. The molecule has 8 heteroatoms. The van der Waals surface area contributed by atoms with E-state index in [9.17, 15) is 9.59 Å². The van der Waals surface area contributed by atoms with Crippen LogP contribution in [-0.4, -0.2) is 34.1 Å². The molecule has 0 aliphatic carbocycles. The fraction of sp³-hybridized carbons (Fsp3) is 0.0556. The van der Waals surface area contributed by atoms with Gasteiger partial charge in [0.25, 0.3) is 5.91 Å². The number of benzene rings is 2. The first-order valence-electron chi connectivity index (χ1n) is 7.40. The van der Waals surface area contributed by atoms with Crippen LogP contribution in [0.25, 0.3) is 6.08 Å². The van der Waals surface area contributed by atoms with Crippen LogP contribution in [0.1, 0.15) is 15.9 Å². The molecule has 1 saturated heterocycles. The molecule has 1 fully saturated rings. The van der Waals surface area contributed by atoms with Crippen molar-refractivity contribution < 1.29 is 14.7 Å². The second-order valence-electron chi connectivity index (χ2n) is 5.39. The summed E-state index contributed by atoms with van der Waals surface area (Å²) in [5, 5.41) is 10.4. The number of carbonyl (C=O) groups is 2. The highest BCUT2D eigenvalue weighted by Crippen LogP contribution is 2.34. The van der Waals surface area contributed by atoms with Gasteiger partial charge in [-0.1, -0.05) is 29.3 Å². The quantitative estimate of drug-likeness (QED) is 0.733. The summed E-state index contributed by atoms with van der Waals surface area (Å²) < 4.78 is 0. The van der Waals surface area contributed by atoms with Crippen molar-refractivity contribution in [2.45, 2.75) is 0 Å². The summed E-state index contributed by atoms with van der Waals surface area (Å²) in [4.78, 5) is 29.7. The van der Waals surface area contributed by atoms with Gasteiger partial charge >= 0.3 is 5.97 Å². The topological polar surface area (TPSA) is 70.0 Å². The van der Waals surface area contributed by atoms with Crippen LogP contribution in [0, 0.1) is 0 Å². The van der Waals surface area contributed by atoms with Gasteiger partial charge in [0.1, 0.15) is 0 Å². The predicted molar refractivity (Wildman–Crippen MR) is 105 cm³/mol. The summed E-state index contributed by atoms with van der Waals surface area (Å²) in [7, 11) is 1.63. The first-order valence-corrected chi connectivity index (χ1v) is 8.97. The minimum atomic E-state index is -1.00. The van der Waals surface area contributed by atoms with Crippen molar-refractivity contribution in [3.05, 3.63) is 68.5 Å². The molecule has 1 aliphatic rings. The minimum Gasteiger partial charge on any atom is -0.478 e. The number of amidine groups is 1. The van der Waals surface area contributed by atoms with E-state index in [0.717, 1.165) is 0 Å². The lowest BCUT2D eigenvalue weighted by Gasteiger charge is -2.07. The Hall–Kier alpha value is -2.28. The molecule has 0 unspecified atom stereocenters. The zero-order valence-corrected chi connectivity index (χ0v) is 15.8. The molecule has 0 bridgehead atoms. The van der Waals surface area contributed by atoms with E-state index in [1.807, 2.05) is 0 Å². The molecule has 0 saturated carbocycles. The SMILES string of the molecule is CN1C(=O)/C(=C\c2ccc(Cl)cc2Cl)SC1=Nc1ccc(C(=O)O)cc1. The normalized spacial score (nSPS) is 17.3. The van der Waals surface area contributed by atoms with E-state index in [1.165, 1.54) is 28.8 Å². The van der Waals surface area contributed by atoms with Gasteiger partial charge in [-0.2, -0.15) is 0 Å². The summed E-state index contributed by atoms with van der Waals surface area (Å²) >= 11 is 13.3. The Bertz CT molecular complexity index is 955. The third-order valence-electron chi connectivity index (χ3n) is 3.59. The van der Waals surface area contributed by atoms with Gasteiger partial charge in [0.05, 0.1) is 16.2 Å². The Labute approximate surface area is 163 Å². The van der Waals surface area contributed by atoms with E-state index >= 15 is 0 Å². The highest BCUT2D eigenvalue weighted by Gasteiger charge is 2.30. The van der Waals surface area contributed by atoms with Crippen LogP contribution in [-0.2, 0) is 4.79 Å². The van der Waals surface area contributed by atoms with E-state index in [-0.39, 0.29) is 11.5 Å². The number of carboxylic acids is 1. The maximum absolute atomic E-state index is 12.4. The molecule has 3 rings (SSSR count). The average molecular weight is 407 g/mol. The Kier molecular flexibility index (Phi) is 5.36. The molecule has 1 amide bonds. The van der Waals surface area contributed by atoms with Gasteiger partial charge < -0.3 is 5.11 Å². The molecule has 0 aromatic heterocycles. The number of aromatic carboxylic acids is 1. The van der Waals surface area contributed by atoms with Crippen molar-refractivity contribution in [1.82, 2.24) is 4.90 Å². The van der Waals surface area contributed by atoms with E-state index in [0.29, 0.717) is 31.4 Å². The molecule has 1 heterocycles. The van der Waals surface area contributed by atoms with Gasteiger partial charge in [-0.05, 0) is 59.8 Å². The molecule has 0 atom stereocenters. The predicted octanol–water partition coefficient (Wildman–Crippen LogP) is 4.93. The van der Waals surface area contributed by atoms with Gasteiger partial charge in [0.15, 0.2) is 5.17 Å². The van der Waals surface area contributed by atoms with Crippen molar-refractivity contribution in [1.29, 1.82) is 0 Å². The average Bonchev–Trinajstić information content (AvgIpc) is 2.86. The third kappa shape index (κ3) is 3.93. The van der Waals surface area contributed by atoms with Crippen molar-refractivity contribution >= 4 is 63.8 Å². The number of amides is 1. The lowest BCUT2D eigenvalue weighted by atomic mass is 10.2. The van der Waals surface area contributed by atoms with E-state index < -0.39 is 5.97 Å². The van der Waals surface area contributed by atoms with Crippen molar-refractivity contribution in [2.24, 2.45) is 4.99 Å². The highest BCUT2D eigenvalue weighted by molar-refractivity contribution is 8.18. The number of rotatable bonds is 3. The molecule has 2 aromatic rings. The Morgan fingerprint density at radius 1 is 1.19 bits per heavy atom. The van der Waals surface area contributed by atoms with Crippen LogP contribution in [0.2, 0.25) is 10.0 Å². The second-order valence-corrected chi connectivity index (χ2v) is 7.24. The molecule has 1 N–H and O–H groups in total. The van der Waals surface area contributed by atoms with Crippen molar-refractivity contribution in [2.75, 3.05) is 7.05 Å². The number of halogens is 2. The monoisotopic (exact) mass is 406 g/mol. The van der Waals surface area contributed by atoms with Crippen LogP contribution in [0.3, 0.4) is 0 Å². The molecule has 0 radical (unpaired) electrons. The number of carboxylic acid groups (broad SMARTS) is 1. The van der Waals surface area contributed by atoms with E-state index in [1.54, 1.807) is 43.5 Å². The van der Waals surface area contributed by atoms with Crippen LogP contribution in [0.5, 0.6) is 0 Å². The lowest BCUT2D eigenvalue weighted by molar-refractivity contribution is -0.121. The summed E-state index contributed by atoms with van der Waals surface area (Å²) in [6.45, 7) is 0. The highest BCUT2D eigenvalue weighted by atomic mass is 35.5. The number of carbonyl (C=O) groups excluding carboxylic acids is 1. The summed E-state index contributed by atoms with van der Waals surface area (Å²) in [5.74, 6) is -1.20. The van der Waals surface area contributed by atoms with Crippen LogP contribution < -0.4 is 0 Å². The van der Waals surface area contributed by atoms with Gasteiger partial charge in [0.2, 0.25) is 0 Å². The zero-order valence-electron chi connectivity index (χ0n) is 13.4. The zero-order chi connectivity index (χ0) is 18.8. The number of nitrogens with zero attached hydrogens (tertiary/aromatic N) is 2. The smallest absolute Gasteiger partial charge is 0.335 e. The number of thioether (sulfide) groups is 1. The van der Waals surface area contributed by atoms with Crippen molar-refractivity contribution in [3.8, 4) is 0 Å². The first kappa shape index (κ1) is 18.5. The van der Waals surface area contributed by atoms with Crippen LogP contribution in [0.15, 0.2) is 52.4 Å². The largest absolute Gasteiger partial charge is 0.478 e. The maximum Gasteiger partial charge on any atom is 0.335 e. The minimum absolute atomic E-state index is 0.176. The molecule has 5 nitrogen and oxygen atoms in total. The fourth-order valence-corrected chi connectivity index (χ4v) is 3.64. The Balaban J connectivity index is 1.88. The van der Waals surface area contributed by atoms with Gasteiger partial charge in [-0.3, -0.25) is 9.69 Å². The molecule has 132 valence electrons. The number of likely N-dealkylation sites (N-methyl/N-ethyl adjacent to an activating group) is 1. The second kappa shape index (κ2) is 7.53. The van der Waals surface area contributed by atoms with Gasteiger partial charge in [-0.15, -0.1) is 0 Å². The lowest BCUT2D eigenvalue weighted by Crippen LogP contribution is -2.23. The molecule has 0 spiro atoms. The van der Waals surface area contributed by atoms with Crippen LogP contribution >= 0.6 is 35.0 Å². The Morgan fingerprint density at radius 2 is 1.88 bits per heavy atom. The number of aliphatic imine (C=N–C) groups is 1. The van der Waals surface area contributed by atoms with E-state index in [2.05, 4.69) is 4.99 Å². The number of hydrogen-bond acceptors (Lipinski definition) is 4. The molecular formula is C18H12Cl2N2O3S. The molecule has 26 heavy (non-hydrogen) atoms. The standard InChI is InChI=1S/C18H12Cl2N2O3S/c1-22-16(23)15(8-11-2-5-12(19)9-14(11)20)26-18(22)21-13-6-3-10(4-7-13)17(24)25/h2-9H,1H3,(H,24,25)/b15-8+,21-18?. The number of hydrogen-bond donors (Lipinski definition) is 1. The fourth-order valence-electron chi connectivity index (χ4n) is 2.20. The summed E-state index contributed by atoms with van der Waals surface area (Å²) in [6, 6.07) is 11.2. The molecule has 1 aliphatic heterocycles. The van der Waals surface area contributed by atoms with Crippen LogP contribution in [0.4, 0.5) is 5.69 Å². The van der Waals surface area contributed by atoms with E-state index in [4.69, 9.17) is 28.3 Å². The van der Waals surface area contributed by atoms with Gasteiger partial charge in [0, 0.05) is 17.1 Å². The third-order valence-corrected chi connectivity index (χ3v) is 5.21.